The van der Waals surface area contributed by atoms with Gasteiger partial charge in [0.05, 0.1) is 6.54 Å². The zero-order valence-electron chi connectivity index (χ0n) is 13.9. The van der Waals surface area contributed by atoms with E-state index in [1.165, 1.54) is 5.56 Å². The molecule has 4 nitrogen and oxygen atoms in total. The second-order valence-electron chi connectivity index (χ2n) is 6.23. The van der Waals surface area contributed by atoms with Gasteiger partial charge in [0.1, 0.15) is 0 Å². The first-order valence-electron chi connectivity index (χ1n) is 8.33. The summed E-state index contributed by atoms with van der Waals surface area (Å²) in [5, 5.41) is 4.33. The molecule has 2 aromatic rings. The lowest BCUT2D eigenvalue weighted by Gasteiger charge is -2.34. The van der Waals surface area contributed by atoms with Crippen molar-refractivity contribution in [3.8, 4) is 0 Å². The summed E-state index contributed by atoms with van der Waals surface area (Å²) < 4.78 is 0. The van der Waals surface area contributed by atoms with Gasteiger partial charge in [0.25, 0.3) is 0 Å². The third-order valence-corrected chi connectivity index (χ3v) is 4.78. The maximum Gasteiger partial charge on any atom is 0.238 e. The van der Waals surface area contributed by atoms with Crippen LogP contribution in [0.3, 0.4) is 0 Å². The maximum atomic E-state index is 12.2. The van der Waals surface area contributed by atoms with Gasteiger partial charge in [-0.15, -0.1) is 0 Å². The summed E-state index contributed by atoms with van der Waals surface area (Å²) in [5.41, 5.74) is 2.04. The first kappa shape index (κ1) is 18.2. The number of piperazine rings is 1. The van der Waals surface area contributed by atoms with E-state index in [0.717, 1.165) is 43.4 Å². The van der Waals surface area contributed by atoms with Gasteiger partial charge in [0, 0.05) is 48.5 Å². The highest BCUT2D eigenvalue weighted by Crippen LogP contribution is 2.14. The van der Waals surface area contributed by atoms with Crippen LogP contribution in [0.4, 0.5) is 5.69 Å². The standard InChI is InChI=1S/C19H21Cl2N3O/c20-16-3-1-15(2-4-16)13-23-9-11-24(12-10-23)14-19(25)22-18-7-5-17(21)6-8-18/h1-8H,9-14H2,(H,22,25). The average molecular weight is 378 g/mol. The number of nitrogens with zero attached hydrogens (tertiary/aromatic N) is 2. The lowest BCUT2D eigenvalue weighted by atomic mass is 10.2. The molecule has 25 heavy (non-hydrogen) atoms. The van der Waals surface area contributed by atoms with E-state index in [-0.39, 0.29) is 5.91 Å². The van der Waals surface area contributed by atoms with Gasteiger partial charge in [-0.25, -0.2) is 0 Å². The van der Waals surface area contributed by atoms with Gasteiger partial charge in [0.15, 0.2) is 0 Å². The van der Waals surface area contributed by atoms with Crippen molar-refractivity contribution in [2.45, 2.75) is 6.54 Å². The number of carbonyl (C=O) groups excluding carboxylic acids is 1. The maximum absolute atomic E-state index is 12.2. The number of anilines is 1. The van der Waals surface area contributed by atoms with Crippen LogP contribution in [0.1, 0.15) is 5.56 Å². The molecular weight excluding hydrogens is 357 g/mol. The summed E-state index contributed by atoms with van der Waals surface area (Å²) >= 11 is 11.8. The van der Waals surface area contributed by atoms with Crippen molar-refractivity contribution in [2.24, 2.45) is 0 Å². The van der Waals surface area contributed by atoms with Crippen molar-refractivity contribution in [2.75, 3.05) is 38.0 Å². The Labute approximate surface area is 158 Å². The fourth-order valence-electron chi connectivity index (χ4n) is 2.89. The fourth-order valence-corrected chi connectivity index (χ4v) is 3.14. The van der Waals surface area contributed by atoms with Gasteiger partial charge in [-0.05, 0) is 42.0 Å². The van der Waals surface area contributed by atoms with Gasteiger partial charge >= 0.3 is 0 Å². The highest BCUT2D eigenvalue weighted by atomic mass is 35.5. The van der Waals surface area contributed by atoms with E-state index in [9.17, 15) is 4.79 Å². The van der Waals surface area contributed by atoms with Crippen LogP contribution in [0.15, 0.2) is 48.5 Å². The van der Waals surface area contributed by atoms with Crippen molar-refractivity contribution in [3.63, 3.8) is 0 Å². The molecule has 1 aliphatic heterocycles. The second kappa shape index (κ2) is 8.68. The number of carbonyl (C=O) groups is 1. The summed E-state index contributed by atoms with van der Waals surface area (Å²) in [6.45, 7) is 5.02. The molecule has 1 heterocycles. The third kappa shape index (κ3) is 5.72. The highest BCUT2D eigenvalue weighted by molar-refractivity contribution is 6.30. The normalized spacial score (nSPS) is 15.9. The van der Waals surface area contributed by atoms with Crippen molar-refractivity contribution >= 4 is 34.8 Å². The minimum absolute atomic E-state index is 0.00785. The summed E-state index contributed by atoms with van der Waals surface area (Å²) in [7, 11) is 0. The largest absolute Gasteiger partial charge is 0.325 e. The molecule has 0 radical (unpaired) electrons. The van der Waals surface area contributed by atoms with Crippen molar-refractivity contribution in [1.29, 1.82) is 0 Å². The Kier molecular flexibility index (Phi) is 6.32. The lowest BCUT2D eigenvalue weighted by Crippen LogP contribution is -2.48. The number of nitrogens with one attached hydrogen (secondary N) is 1. The summed E-state index contributed by atoms with van der Waals surface area (Å²) in [6.07, 6.45) is 0. The Balaban J connectivity index is 1.42. The first-order valence-corrected chi connectivity index (χ1v) is 9.09. The molecule has 1 fully saturated rings. The predicted octanol–water partition coefficient (Wildman–Crippen LogP) is 3.75. The monoisotopic (exact) mass is 377 g/mol. The Bertz CT molecular complexity index is 696. The Morgan fingerprint density at radius 1 is 0.840 bits per heavy atom. The molecule has 0 aromatic heterocycles. The summed E-state index contributed by atoms with van der Waals surface area (Å²) in [6, 6.07) is 15.1. The molecule has 0 spiro atoms. The van der Waals surface area contributed by atoms with Gasteiger partial charge in [-0.2, -0.15) is 0 Å². The van der Waals surface area contributed by atoms with Crippen LogP contribution in [0.25, 0.3) is 0 Å². The molecule has 0 atom stereocenters. The number of hydrogen-bond donors (Lipinski definition) is 1. The van der Waals surface area contributed by atoms with Gasteiger partial charge in [0.2, 0.25) is 5.91 Å². The van der Waals surface area contributed by atoms with Crippen LogP contribution in [0.2, 0.25) is 10.0 Å². The first-order chi connectivity index (χ1) is 12.1. The summed E-state index contributed by atoms with van der Waals surface area (Å²) in [5.74, 6) is 0.00785. The zero-order chi connectivity index (χ0) is 17.6. The summed E-state index contributed by atoms with van der Waals surface area (Å²) in [4.78, 5) is 16.7. The van der Waals surface area contributed by atoms with Gasteiger partial charge in [-0.1, -0.05) is 35.3 Å². The number of rotatable bonds is 5. The molecule has 1 N–H and O–H groups in total. The number of benzene rings is 2. The zero-order valence-corrected chi connectivity index (χ0v) is 15.4. The highest BCUT2D eigenvalue weighted by Gasteiger charge is 2.19. The Morgan fingerprint density at radius 3 is 1.96 bits per heavy atom. The van der Waals surface area contributed by atoms with E-state index < -0.39 is 0 Å². The van der Waals surface area contributed by atoms with E-state index in [1.807, 2.05) is 24.3 Å². The molecule has 3 rings (SSSR count). The number of hydrogen-bond acceptors (Lipinski definition) is 3. The topological polar surface area (TPSA) is 35.6 Å². The second-order valence-corrected chi connectivity index (χ2v) is 7.11. The smallest absolute Gasteiger partial charge is 0.238 e. The van der Waals surface area contributed by atoms with Crippen molar-refractivity contribution in [3.05, 3.63) is 64.1 Å². The van der Waals surface area contributed by atoms with Gasteiger partial charge < -0.3 is 5.32 Å². The molecular formula is C19H21Cl2N3O. The van der Waals surface area contributed by atoms with Crippen molar-refractivity contribution in [1.82, 2.24) is 9.80 Å². The van der Waals surface area contributed by atoms with E-state index in [1.54, 1.807) is 12.1 Å². The molecule has 1 aliphatic rings. The third-order valence-electron chi connectivity index (χ3n) is 4.28. The van der Waals surface area contributed by atoms with E-state index >= 15 is 0 Å². The molecule has 6 heteroatoms. The minimum Gasteiger partial charge on any atom is -0.325 e. The van der Waals surface area contributed by atoms with Crippen LogP contribution in [0.5, 0.6) is 0 Å². The Morgan fingerprint density at radius 2 is 1.36 bits per heavy atom. The van der Waals surface area contributed by atoms with E-state index in [0.29, 0.717) is 11.6 Å². The lowest BCUT2D eigenvalue weighted by molar-refractivity contribution is -0.117. The molecule has 0 saturated carbocycles. The molecule has 2 aromatic carbocycles. The molecule has 132 valence electrons. The minimum atomic E-state index is 0.00785. The molecule has 0 aliphatic carbocycles. The molecule has 1 amide bonds. The van der Waals surface area contributed by atoms with Crippen LogP contribution >= 0.6 is 23.2 Å². The van der Waals surface area contributed by atoms with Crippen LogP contribution in [0, 0.1) is 0 Å². The predicted molar refractivity (Wildman–Crippen MR) is 103 cm³/mol. The van der Waals surface area contributed by atoms with Crippen LogP contribution < -0.4 is 5.32 Å². The fraction of sp³-hybridized carbons (Fsp3) is 0.316. The number of halogens is 2. The average Bonchev–Trinajstić information content (AvgIpc) is 2.61. The van der Waals surface area contributed by atoms with Crippen molar-refractivity contribution < 1.29 is 4.79 Å². The van der Waals surface area contributed by atoms with Crippen LogP contribution in [-0.4, -0.2) is 48.4 Å². The molecule has 0 bridgehead atoms. The number of amides is 1. The molecule has 0 unspecified atom stereocenters. The Hall–Kier alpha value is -1.59. The van der Waals surface area contributed by atoms with Crippen LogP contribution in [-0.2, 0) is 11.3 Å². The molecule has 1 saturated heterocycles. The SMILES string of the molecule is O=C(CN1CCN(Cc2ccc(Cl)cc2)CC1)Nc1ccc(Cl)cc1. The van der Waals surface area contributed by atoms with E-state index in [2.05, 4.69) is 27.2 Å². The quantitative estimate of drug-likeness (QED) is 0.861. The van der Waals surface area contributed by atoms with E-state index in [4.69, 9.17) is 23.2 Å². The van der Waals surface area contributed by atoms with Gasteiger partial charge in [-0.3, -0.25) is 14.6 Å².